The van der Waals surface area contributed by atoms with E-state index in [9.17, 15) is 4.79 Å². The van der Waals surface area contributed by atoms with Crippen molar-refractivity contribution in [1.82, 2.24) is 10.2 Å². The summed E-state index contributed by atoms with van der Waals surface area (Å²) in [5.41, 5.74) is 4.11. The van der Waals surface area contributed by atoms with E-state index in [0.29, 0.717) is 11.4 Å². The average molecular weight is 332 g/mol. The van der Waals surface area contributed by atoms with Crippen LogP contribution in [0.3, 0.4) is 0 Å². The molecule has 2 aromatic carbocycles. The Kier molecular flexibility index (Phi) is 5.32. The Morgan fingerprint density at radius 3 is 2.76 bits per heavy atom. The Morgan fingerprint density at radius 2 is 2.04 bits per heavy atom. The zero-order valence-corrected chi connectivity index (χ0v) is 14.1. The Balaban J connectivity index is 1.63. The number of carbonyl (C=O) groups excluding carboxylic acids is 1. The topological polar surface area (TPSA) is 69.8 Å². The number of aryl methyl sites for hydroxylation is 1. The summed E-state index contributed by atoms with van der Waals surface area (Å²) in [4.78, 5) is 12.2. The molecule has 25 heavy (non-hydrogen) atoms. The number of amides is 2. The van der Waals surface area contributed by atoms with Crippen LogP contribution >= 0.6 is 0 Å². The smallest absolute Gasteiger partial charge is 0.308 e. The molecule has 1 aromatic heterocycles. The first-order valence-corrected chi connectivity index (χ1v) is 8.35. The average Bonchev–Trinajstić information content (AvgIpc) is 3.10. The van der Waals surface area contributed by atoms with Gasteiger partial charge in [0.25, 0.3) is 0 Å². The third kappa shape index (κ3) is 4.39. The lowest BCUT2D eigenvalue weighted by Crippen LogP contribution is -2.19. The summed E-state index contributed by atoms with van der Waals surface area (Å²) in [6.07, 6.45) is 4.98. The molecule has 2 amide bonds. The third-order valence-corrected chi connectivity index (χ3v) is 3.84. The maximum absolute atomic E-state index is 12.2. The van der Waals surface area contributed by atoms with Crippen molar-refractivity contribution in [3.63, 3.8) is 0 Å². The molecular weight excluding hydrogens is 312 g/mol. The van der Waals surface area contributed by atoms with Crippen molar-refractivity contribution in [3.05, 3.63) is 66.4 Å². The van der Waals surface area contributed by atoms with Crippen molar-refractivity contribution in [2.75, 3.05) is 10.6 Å². The Bertz CT molecular complexity index is 809. The minimum atomic E-state index is -0.316. The largest absolute Gasteiger partial charge is 0.323 e. The van der Waals surface area contributed by atoms with Gasteiger partial charge in [-0.25, -0.2) is 4.79 Å². The predicted octanol–water partition coefficient (Wildman–Crippen LogP) is 4.66. The summed E-state index contributed by atoms with van der Waals surface area (Å²) in [5, 5.41) is 12.5. The lowest BCUT2D eigenvalue weighted by atomic mass is 10.1. The Labute approximate surface area is 147 Å². The first-order chi connectivity index (χ1) is 12.3. The van der Waals surface area contributed by atoms with Crippen molar-refractivity contribution in [1.29, 1.82) is 0 Å². The minimum absolute atomic E-state index is 0.316. The van der Waals surface area contributed by atoms with Gasteiger partial charge >= 0.3 is 6.03 Å². The molecule has 0 aliphatic carbocycles. The van der Waals surface area contributed by atoms with E-state index in [2.05, 4.69) is 39.9 Å². The highest BCUT2D eigenvalue weighted by molar-refractivity contribution is 6.01. The van der Waals surface area contributed by atoms with Crippen LogP contribution in [0.4, 0.5) is 16.2 Å². The van der Waals surface area contributed by atoms with Gasteiger partial charge in [0.2, 0.25) is 0 Å². The molecule has 5 nitrogen and oxygen atoms in total. The normalized spacial score (nSPS) is 10.1. The van der Waals surface area contributed by atoms with Gasteiger partial charge in [0.15, 0.2) is 0 Å². The van der Waals surface area contributed by atoms with Crippen molar-refractivity contribution in [2.45, 2.75) is 26.2 Å². The first kappa shape index (κ1) is 16.6. The van der Waals surface area contributed by atoms with Crippen LogP contribution in [0.15, 0.2) is 48.7 Å². The molecule has 0 saturated heterocycles. The van der Waals surface area contributed by atoms with Gasteiger partial charge in [-0.3, -0.25) is 5.10 Å². The van der Waals surface area contributed by atoms with Gasteiger partial charge in [-0.1, -0.05) is 43.7 Å². The number of hydrogen-bond donors (Lipinski definition) is 3. The van der Waals surface area contributed by atoms with E-state index in [4.69, 9.17) is 0 Å². The predicted molar refractivity (Wildman–Crippen MR) is 99.4 cm³/mol. The number of H-pyrrole nitrogens is 1. The fraction of sp³-hybridized carbons (Fsp3) is 0.200. The molecule has 0 fully saturated rings. The van der Waals surface area contributed by atoms with Crippen LogP contribution in [0, 0.1) is 12.1 Å². The summed E-state index contributed by atoms with van der Waals surface area (Å²) in [6.45, 7) is 2.18. The summed E-state index contributed by atoms with van der Waals surface area (Å²) >= 11 is 0. The standard InChI is InChI=1S/C20H20N4O/c1-2-3-7-15-10-12-17(13-11-15)22-20(25)23-18-14-21-24-19(18)16-8-5-4-6-9-16/h4-5,8,10-14H,2-3,7H2,1H3,(H,21,24)(H2,22,23,25). The van der Waals surface area contributed by atoms with Gasteiger partial charge in [-0.05, 0) is 42.7 Å². The van der Waals surface area contributed by atoms with Crippen LogP contribution in [0.2, 0.25) is 0 Å². The number of rotatable bonds is 6. The molecule has 0 radical (unpaired) electrons. The van der Waals surface area contributed by atoms with Gasteiger partial charge < -0.3 is 10.6 Å². The fourth-order valence-corrected chi connectivity index (χ4v) is 2.51. The molecule has 0 saturated carbocycles. The molecule has 0 aliphatic rings. The van der Waals surface area contributed by atoms with Crippen LogP contribution in [-0.4, -0.2) is 16.2 Å². The van der Waals surface area contributed by atoms with Gasteiger partial charge in [-0.15, -0.1) is 0 Å². The molecule has 0 atom stereocenters. The SMILES string of the molecule is CCCCc1ccc(NC(=O)Nc2cn[nH]c2-c2c#cccc2)cc1. The number of hydrogen-bond acceptors (Lipinski definition) is 2. The van der Waals surface area contributed by atoms with Crippen LogP contribution in [0.5, 0.6) is 0 Å². The highest BCUT2D eigenvalue weighted by atomic mass is 16.2. The molecule has 3 aromatic rings. The molecule has 0 spiro atoms. The van der Waals surface area contributed by atoms with Gasteiger partial charge in [0.05, 0.1) is 23.1 Å². The number of benzene rings is 1. The van der Waals surface area contributed by atoms with Crippen LogP contribution in [0.25, 0.3) is 11.3 Å². The minimum Gasteiger partial charge on any atom is -0.308 e. The van der Waals surface area contributed by atoms with Crippen molar-refractivity contribution in [3.8, 4) is 11.3 Å². The molecule has 0 aliphatic heterocycles. The van der Waals surface area contributed by atoms with Crippen LogP contribution < -0.4 is 10.6 Å². The first-order valence-electron chi connectivity index (χ1n) is 8.35. The van der Waals surface area contributed by atoms with Crippen LogP contribution in [0.1, 0.15) is 25.3 Å². The molecule has 0 unspecified atom stereocenters. The molecule has 1 heterocycles. The highest BCUT2D eigenvalue weighted by Crippen LogP contribution is 2.23. The lowest BCUT2D eigenvalue weighted by molar-refractivity contribution is 0.262. The summed E-state index contributed by atoms with van der Waals surface area (Å²) < 4.78 is 0. The second-order valence-corrected chi connectivity index (χ2v) is 5.75. The third-order valence-electron chi connectivity index (χ3n) is 3.84. The van der Waals surface area contributed by atoms with Crippen molar-refractivity contribution < 1.29 is 4.79 Å². The second kappa shape index (κ2) is 8.02. The Morgan fingerprint density at radius 1 is 1.20 bits per heavy atom. The number of nitrogens with zero attached hydrogens (tertiary/aromatic N) is 1. The van der Waals surface area contributed by atoms with Gasteiger partial charge in [-0.2, -0.15) is 5.10 Å². The molecule has 3 N–H and O–H groups in total. The van der Waals surface area contributed by atoms with E-state index in [1.54, 1.807) is 12.3 Å². The quantitative estimate of drug-likeness (QED) is 0.614. The molecule has 5 heteroatoms. The zero-order valence-electron chi connectivity index (χ0n) is 14.1. The lowest BCUT2D eigenvalue weighted by Gasteiger charge is -2.08. The zero-order chi connectivity index (χ0) is 17.5. The van der Waals surface area contributed by atoms with E-state index in [1.807, 2.05) is 36.4 Å². The monoisotopic (exact) mass is 332 g/mol. The number of carbonyl (C=O) groups is 1. The number of aromatic amines is 1. The number of aromatic nitrogens is 2. The number of urea groups is 1. The van der Waals surface area contributed by atoms with Crippen molar-refractivity contribution in [2.24, 2.45) is 0 Å². The van der Waals surface area contributed by atoms with E-state index in [-0.39, 0.29) is 6.03 Å². The second-order valence-electron chi connectivity index (χ2n) is 5.75. The summed E-state index contributed by atoms with van der Waals surface area (Å²) in [5.74, 6) is 0. The highest BCUT2D eigenvalue weighted by Gasteiger charge is 2.11. The number of nitrogens with one attached hydrogen (secondary N) is 3. The molecule has 0 bridgehead atoms. The van der Waals surface area contributed by atoms with Gasteiger partial charge in [0, 0.05) is 5.69 Å². The fourth-order valence-electron chi connectivity index (χ4n) is 2.51. The summed E-state index contributed by atoms with van der Waals surface area (Å²) in [7, 11) is 0. The molecule has 3 rings (SSSR count). The van der Waals surface area contributed by atoms with E-state index < -0.39 is 0 Å². The maximum atomic E-state index is 12.2. The maximum Gasteiger partial charge on any atom is 0.323 e. The van der Waals surface area contributed by atoms with Crippen molar-refractivity contribution >= 4 is 17.4 Å². The molecular formula is C20H20N4O. The summed E-state index contributed by atoms with van der Waals surface area (Å²) in [6, 6.07) is 19.0. The van der Waals surface area contributed by atoms with E-state index >= 15 is 0 Å². The van der Waals surface area contributed by atoms with E-state index in [0.717, 1.165) is 17.7 Å². The van der Waals surface area contributed by atoms with E-state index in [1.165, 1.54) is 18.4 Å². The number of unbranched alkanes of at least 4 members (excludes halogenated alkanes) is 1. The van der Waals surface area contributed by atoms with Gasteiger partial charge in [0.1, 0.15) is 0 Å². The molecule has 126 valence electrons. The Hall–Kier alpha value is -3.26. The van der Waals surface area contributed by atoms with Crippen LogP contribution in [-0.2, 0) is 6.42 Å². The number of anilines is 2.